The number of methoxy groups -OCH3 is 2. The molecule has 0 spiro atoms. The number of benzene rings is 1. The molecule has 18 heavy (non-hydrogen) atoms. The molecular weight excluding hydrogens is 251 g/mol. The normalized spacial score (nSPS) is 13.0. The van der Waals surface area contributed by atoms with Crippen LogP contribution in [0.5, 0.6) is 5.75 Å². The largest absolute Gasteiger partial charge is 0.497 e. The molecule has 0 bridgehead atoms. The van der Waals surface area contributed by atoms with Crippen LogP contribution in [0.3, 0.4) is 0 Å². The Labute approximate surface area is 101 Å². The van der Waals surface area contributed by atoms with Gasteiger partial charge in [0.15, 0.2) is 0 Å². The molecule has 0 radical (unpaired) electrons. The van der Waals surface area contributed by atoms with E-state index in [0.29, 0.717) is 0 Å². The van der Waals surface area contributed by atoms with E-state index in [9.17, 15) is 18.0 Å². The third-order valence-electron chi connectivity index (χ3n) is 2.36. The van der Waals surface area contributed by atoms with E-state index in [-0.39, 0.29) is 11.3 Å². The number of hydrogen-bond donors (Lipinski definition) is 1. The zero-order valence-electron chi connectivity index (χ0n) is 9.75. The minimum atomic E-state index is -4.63. The minimum Gasteiger partial charge on any atom is -0.497 e. The van der Waals surface area contributed by atoms with Gasteiger partial charge in [-0.05, 0) is 17.7 Å². The van der Waals surface area contributed by atoms with Crippen molar-refractivity contribution in [1.29, 1.82) is 0 Å². The number of carbonyl (C=O) groups excluding carboxylic acids is 1. The van der Waals surface area contributed by atoms with Gasteiger partial charge in [-0.25, -0.2) is 0 Å². The summed E-state index contributed by atoms with van der Waals surface area (Å²) in [6, 6.07) is 1.70. The van der Waals surface area contributed by atoms with Crippen LogP contribution in [0.4, 0.5) is 13.2 Å². The number of carbonyl (C=O) groups is 1. The standard InChI is InChI=1S/C11H12F3NO3/c1-17-6-3-4-7(9(15)10(16)18-2)8(5-6)11(12,13)14/h3-5,9H,15H2,1-2H3/t9-/m1/s1. The summed E-state index contributed by atoms with van der Waals surface area (Å²) in [4.78, 5) is 11.2. The lowest BCUT2D eigenvalue weighted by atomic mass is 10.00. The van der Waals surface area contributed by atoms with E-state index < -0.39 is 23.8 Å². The van der Waals surface area contributed by atoms with Crippen molar-refractivity contribution in [2.45, 2.75) is 12.2 Å². The molecule has 0 amide bonds. The maximum atomic E-state index is 12.8. The van der Waals surface area contributed by atoms with E-state index in [4.69, 9.17) is 10.5 Å². The van der Waals surface area contributed by atoms with Gasteiger partial charge >= 0.3 is 12.1 Å². The van der Waals surface area contributed by atoms with Crippen LogP contribution in [0.15, 0.2) is 18.2 Å². The first-order valence-corrected chi connectivity index (χ1v) is 4.89. The Morgan fingerprint density at radius 3 is 2.39 bits per heavy atom. The summed E-state index contributed by atoms with van der Waals surface area (Å²) in [6.07, 6.45) is -4.63. The van der Waals surface area contributed by atoms with Crippen LogP contribution >= 0.6 is 0 Å². The van der Waals surface area contributed by atoms with E-state index in [0.717, 1.165) is 19.2 Å². The van der Waals surface area contributed by atoms with E-state index in [2.05, 4.69) is 4.74 Å². The first-order chi connectivity index (χ1) is 8.31. The van der Waals surface area contributed by atoms with Crippen LogP contribution in [-0.2, 0) is 15.7 Å². The van der Waals surface area contributed by atoms with Crippen molar-refractivity contribution in [1.82, 2.24) is 0 Å². The molecule has 0 saturated carbocycles. The SMILES string of the molecule is COC(=O)[C@H](N)c1ccc(OC)cc1C(F)(F)F. The molecule has 1 rings (SSSR count). The first-order valence-electron chi connectivity index (χ1n) is 4.89. The van der Waals surface area contributed by atoms with Crippen molar-refractivity contribution < 1.29 is 27.4 Å². The second-order valence-electron chi connectivity index (χ2n) is 3.45. The summed E-state index contributed by atoms with van der Waals surface area (Å²) in [6.45, 7) is 0. The third-order valence-corrected chi connectivity index (χ3v) is 2.36. The van der Waals surface area contributed by atoms with Crippen LogP contribution in [-0.4, -0.2) is 20.2 Å². The molecule has 0 fully saturated rings. The summed E-state index contributed by atoms with van der Waals surface area (Å²) in [5.74, 6) is -0.909. The smallest absolute Gasteiger partial charge is 0.416 e. The molecule has 0 heterocycles. The summed E-state index contributed by atoms with van der Waals surface area (Å²) < 4.78 is 47.5. The summed E-state index contributed by atoms with van der Waals surface area (Å²) >= 11 is 0. The molecule has 0 unspecified atom stereocenters. The van der Waals surface area contributed by atoms with Crippen LogP contribution in [0.25, 0.3) is 0 Å². The average molecular weight is 263 g/mol. The average Bonchev–Trinajstić information content (AvgIpc) is 2.35. The van der Waals surface area contributed by atoms with E-state index in [1.54, 1.807) is 0 Å². The zero-order valence-corrected chi connectivity index (χ0v) is 9.75. The highest BCUT2D eigenvalue weighted by atomic mass is 19.4. The fraction of sp³-hybridized carbons (Fsp3) is 0.364. The van der Waals surface area contributed by atoms with Crippen LogP contribution < -0.4 is 10.5 Å². The van der Waals surface area contributed by atoms with Gasteiger partial charge in [0.25, 0.3) is 0 Å². The number of nitrogens with two attached hydrogens (primary N) is 1. The molecule has 4 nitrogen and oxygen atoms in total. The van der Waals surface area contributed by atoms with Crippen molar-refractivity contribution in [2.24, 2.45) is 5.73 Å². The summed E-state index contributed by atoms with van der Waals surface area (Å²) in [5, 5.41) is 0. The fourth-order valence-corrected chi connectivity index (χ4v) is 1.43. The van der Waals surface area contributed by atoms with Crippen molar-refractivity contribution in [3.63, 3.8) is 0 Å². The number of alkyl halides is 3. The third kappa shape index (κ3) is 2.92. The van der Waals surface area contributed by atoms with Crippen molar-refractivity contribution in [3.8, 4) is 5.75 Å². The van der Waals surface area contributed by atoms with Crippen LogP contribution in [0.2, 0.25) is 0 Å². The number of rotatable bonds is 3. The second-order valence-corrected chi connectivity index (χ2v) is 3.45. The summed E-state index contributed by atoms with van der Waals surface area (Å²) in [7, 11) is 2.30. The lowest BCUT2D eigenvalue weighted by Gasteiger charge is -2.17. The Morgan fingerprint density at radius 2 is 1.94 bits per heavy atom. The van der Waals surface area contributed by atoms with Gasteiger partial charge in [0.2, 0.25) is 0 Å². The Kier molecular flexibility index (Phi) is 4.18. The van der Waals surface area contributed by atoms with Gasteiger partial charge in [0, 0.05) is 0 Å². The molecule has 2 N–H and O–H groups in total. The number of halogens is 3. The van der Waals surface area contributed by atoms with E-state index in [1.165, 1.54) is 13.2 Å². The molecule has 0 aliphatic carbocycles. The Balaban J connectivity index is 3.31. The van der Waals surface area contributed by atoms with Gasteiger partial charge in [0.05, 0.1) is 19.8 Å². The second kappa shape index (κ2) is 5.26. The van der Waals surface area contributed by atoms with Crippen LogP contribution in [0.1, 0.15) is 17.2 Å². The molecule has 0 aromatic heterocycles. The van der Waals surface area contributed by atoms with Gasteiger partial charge in [-0.3, -0.25) is 4.79 Å². The fourth-order valence-electron chi connectivity index (χ4n) is 1.43. The topological polar surface area (TPSA) is 61.5 Å². The molecule has 1 aromatic rings. The number of esters is 1. The van der Waals surface area contributed by atoms with E-state index >= 15 is 0 Å². The zero-order chi connectivity index (χ0) is 13.9. The van der Waals surface area contributed by atoms with E-state index in [1.807, 2.05) is 0 Å². The molecule has 1 aromatic carbocycles. The quantitative estimate of drug-likeness (QED) is 0.846. The summed E-state index contributed by atoms with van der Waals surface area (Å²) in [5.41, 5.74) is 4.06. The van der Waals surface area contributed by atoms with Gasteiger partial charge in [0.1, 0.15) is 11.8 Å². The predicted octanol–water partition coefficient (Wildman–Crippen LogP) is 1.89. The van der Waals surface area contributed by atoms with Gasteiger partial charge in [-0.1, -0.05) is 6.07 Å². The molecule has 1 atom stereocenters. The van der Waals surface area contributed by atoms with Crippen LogP contribution in [0, 0.1) is 0 Å². The lowest BCUT2D eigenvalue weighted by Crippen LogP contribution is -2.25. The molecular formula is C11H12F3NO3. The monoisotopic (exact) mass is 263 g/mol. The Bertz CT molecular complexity index is 446. The predicted molar refractivity (Wildman–Crippen MR) is 56.9 cm³/mol. The lowest BCUT2D eigenvalue weighted by molar-refractivity contribution is -0.144. The molecule has 7 heteroatoms. The highest BCUT2D eigenvalue weighted by Crippen LogP contribution is 2.36. The minimum absolute atomic E-state index is 0.0307. The van der Waals surface area contributed by atoms with Gasteiger partial charge in [-0.2, -0.15) is 13.2 Å². The van der Waals surface area contributed by atoms with Gasteiger partial charge in [-0.15, -0.1) is 0 Å². The molecule has 0 aliphatic rings. The Morgan fingerprint density at radius 1 is 1.33 bits per heavy atom. The highest BCUT2D eigenvalue weighted by molar-refractivity contribution is 5.78. The number of hydrogen-bond acceptors (Lipinski definition) is 4. The Hall–Kier alpha value is -1.76. The van der Waals surface area contributed by atoms with Crippen molar-refractivity contribution in [3.05, 3.63) is 29.3 Å². The van der Waals surface area contributed by atoms with Crippen molar-refractivity contribution in [2.75, 3.05) is 14.2 Å². The molecule has 0 saturated heterocycles. The maximum Gasteiger partial charge on any atom is 0.416 e. The van der Waals surface area contributed by atoms with Crippen molar-refractivity contribution >= 4 is 5.97 Å². The number of ether oxygens (including phenoxy) is 2. The molecule has 0 aliphatic heterocycles. The highest BCUT2D eigenvalue weighted by Gasteiger charge is 2.36. The first kappa shape index (κ1) is 14.3. The molecule has 100 valence electrons. The maximum absolute atomic E-state index is 12.8. The van der Waals surface area contributed by atoms with Gasteiger partial charge < -0.3 is 15.2 Å².